The van der Waals surface area contributed by atoms with Crippen molar-refractivity contribution >= 4 is 17.3 Å². The van der Waals surface area contributed by atoms with Crippen LogP contribution in [0.15, 0.2) is 53.3 Å². The summed E-state index contributed by atoms with van der Waals surface area (Å²) in [6.07, 6.45) is -0.758. The van der Waals surface area contributed by atoms with Crippen molar-refractivity contribution in [3.8, 4) is 0 Å². The van der Waals surface area contributed by atoms with Crippen molar-refractivity contribution in [3.63, 3.8) is 0 Å². The Kier molecular flexibility index (Phi) is 7.51. The highest BCUT2D eigenvalue weighted by Crippen LogP contribution is 2.33. The maximum Gasteiger partial charge on any atom is 0.419 e. The number of aromatic nitrogens is 2. The number of aliphatic imine (C=N–C) groups is 1. The first-order valence-corrected chi connectivity index (χ1v) is 8.97. The zero-order chi connectivity index (χ0) is 22.3. The molecule has 0 aliphatic rings. The smallest absolute Gasteiger partial charge is 0.391 e. The lowest BCUT2D eigenvalue weighted by Crippen LogP contribution is -2.13. The average molecular weight is 423 g/mol. The molecule has 0 fully saturated rings. The highest BCUT2D eigenvalue weighted by molar-refractivity contribution is 6.00. The number of halogens is 4. The molecule has 0 amide bonds. The monoisotopic (exact) mass is 423 g/mol. The molecule has 2 aromatic rings. The number of hydrogen-bond acceptors (Lipinski definition) is 4. The third-order valence-corrected chi connectivity index (χ3v) is 3.91. The van der Waals surface area contributed by atoms with Gasteiger partial charge in [0.2, 0.25) is 0 Å². The molecule has 0 atom stereocenters. The van der Waals surface area contributed by atoms with Gasteiger partial charge in [0.25, 0.3) is 0 Å². The molecule has 0 saturated heterocycles. The van der Waals surface area contributed by atoms with E-state index in [0.717, 1.165) is 12.1 Å². The number of amidine groups is 1. The molecule has 0 saturated carbocycles. The van der Waals surface area contributed by atoms with E-state index >= 15 is 0 Å². The van der Waals surface area contributed by atoms with Gasteiger partial charge in [0.05, 0.1) is 28.4 Å². The Hall–Kier alpha value is -3.43. The number of carbonyl (C=O) groups is 1. The van der Waals surface area contributed by atoms with Crippen molar-refractivity contribution in [1.82, 2.24) is 15.5 Å². The minimum Gasteiger partial charge on any atom is -0.391 e. The van der Waals surface area contributed by atoms with Gasteiger partial charge in [-0.25, -0.2) is 9.38 Å². The first-order valence-electron chi connectivity index (χ1n) is 8.97. The van der Waals surface area contributed by atoms with Gasteiger partial charge in [0, 0.05) is 19.2 Å². The van der Waals surface area contributed by atoms with Crippen LogP contribution in [-0.4, -0.2) is 28.4 Å². The Bertz CT molecular complexity index is 972. The zero-order valence-electron chi connectivity index (χ0n) is 16.3. The maximum absolute atomic E-state index is 14.4. The summed E-state index contributed by atoms with van der Waals surface area (Å²) in [5.74, 6) is -2.25. The molecular formula is C20H21F4N5O. The number of Topliss-reactive ketones (excluding diaryl/α,β-unsaturated/α-hetero) is 1. The lowest BCUT2D eigenvalue weighted by molar-refractivity contribution is -0.140. The molecule has 0 radical (unpaired) electrons. The fraction of sp³-hybridized carbons (Fsp3) is 0.250. The number of carbonyl (C=O) groups excluding carboxylic acids is 1. The second kappa shape index (κ2) is 9.86. The van der Waals surface area contributed by atoms with Crippen LogP contribution >= 0.6 is 0 Å². The van der Waals surface area contributed by atoms with E-state index in [0.29, 0.717) is 23.9 Å². The van der Waals surface area contributed by atoms with Gasteiger partial charge in [0.1, 0.15) is 5.82 Å². The zero-order valence-corrected chi connectivity index (χ0v) is 16.3. The first kappa shape index (κ1) is 22.9. The molecule has 10 heteroatoms. The van der Waals surface area contributed by atoms with Gasteiger partial charge in [0.15, 0.2) is 5.78 Å². The number of hydrogen-bond donors (Lipinski definition) is 3. The summed E-state index contributed by atoms with van der Waals surface area (Å²) in [5, 5.41) is 9.48. The van der Waals surface area contributed by atoms with Crippen LogP contribution in [0.25, 0.3) is 5.70 Å². The summed E-state index contributed by atoms with van der Waals surface area (Å²) < 4.78 is 53.4. The van der Waals surface area contributed by atoms with Crippen LogP contribution in [0.5, 0.6) is 0 Å². The maximum atomic E-state index is 14.4. The molecule has 4 N–H and O–H groups in total. The Morgan fingerprint density at radius 1 is 1.33 bits per heavy atom. The van der Waals surface area contributed by atoms with Crippen molar-refractivity contribution in [2.45, 2.75) is 26.4 Å². The molecule has 0 aliphatic heterocycles. The van der Waals surface area contributed by atoms with E-state index in [-0.39, 0.29) is 11.5 Å². The number of aromatic amines is 1. The van der Waals surface area contributed by atoms with E-state index in [1.807, 2.05) is 6.92 Å². The quantitative estimate of drug-likeness (QED) is 0.196. The summed E-state index contributed by atoms with van der Waals surface area (Å²) in [6.45, 7) is 3.99. The SMILES string of the molecule is CCN\C=C/C(CC(=O)c1cccc(C(F)(F)F)c1F)=C(/N=C(/C)N)c1ccn[nH]1. The molecule has 6 nitrogen and oxygen atoms in total. The highest BCUT2D eigenvalue weighted by Gasteiger charge is 2.35. The van der Waals surface area contributed by atoms with Crippen LogP contribution in [0.1, 0.15) is 41.9 Å². The minimum atomic E-state index is -4.91. The number of allylic oxidation sites excluding steroid dienone is 2. The normalized spacial score (nSPS) is 13.5. The topological polar surface area (TPSA) is 96.2 Å². The third kappa shape index (κ3) is 5.79. The van der Waals surface area contributed by atoms with Crippen molar-refractivity contribution in [2.24, 2.45) is 10.7 Å². The number of H-pyrrole nitrogens is 1. The van der Waals surface area contributed by atoms with Crippen LogP contribution < -0.4 is 11.1 Å². The van der Waals surface area contributed by atoms with Crippen LogP contribution in [0, 0.1) is 5.82 Å². The van der Waals surface area contributed by atoms with E-state index in [4.69, 9.17) is 5.73 Å². The molecule has 0 aliphatic carbocycles. The van der Waals surface area contributed by atoms with Gasteiger partial charge >= 0.3 is 6.18 Å². The van der Waals surface area contributed by atoms with Crippen molar-refractivity contribution in [1.29, 1.82) is 0 Å². The number of nitrogens with two attached hydrogens (primary N) is 1. The predicted octanol–water partition coefficient (Wildman–Crippen LogP) is 4.05. The molecule has 0 bridgehead atoms. The summed E-state index contributed by atoms with van der Waals surface area (Å²) in [6, 6.07) is 4.20. The molecule has 2 rings (SSSR count). The summed E-state index contributed by atoms with van der Waals surface area (Å²) in [7, 11) is 0. The van der Waals surface area contributed by atoms with Gasteiger partial charge < -0.3 is 11.1 Å². The van der Waals surface area contributed by atoms with E-state index in [9.17, 15) is 22.4 Å². The third-order valence-electron chi connectivity index (χ3n) is 3.91. The van der Waals surface area contributed by atoms with Gasteiger partial charge in [-0.15, -0.1) is 0 Å². The van der Waals surface area contributed by atoms with Gasteiger partial charge in [-0.2, -0.15) is 18.3 Å². The fourth-order valence-corrected chi connectivity index (χ4v) is 2.60. The lowest BCUT2D eigenvalue weighted by atomic mass is 9.98. The van der Waals surface area contributed by atoms with Crippen LogP contribution in [0.4, 0.5) is 17.6 Å². The van der Waals surface area contributed by atoms with Crippen LogP contribution in [0.2, 0.25) is 0 Å². The van der Waals surface area contributed by atoms with Gasteiger partial charge in [-0.1, -0.05) is 6.07 Å². The first-order chi connectivity index (χ1) is 14.1. The van der Waals surface area contributed by atoms with Crippen molar-refractivity contribution in [2.75, 3.05) is 6.54 Å². The number of ketones is 1. The predicted molar refractivity (Wildman–Crippen MR) is 106 cm³/mol. The number of benzene rings is 1. The molecule has 0 unspecified atom stereocenters. The molecule has 1 aromatic carbocycles. The van der Waals surface area contributed by atoms with Gasteiger partial charge in [-0.05, 0) is 49.9 Å². The molecular weight excluding hydrogens is 402 g/mol. The summed E-state index contributed by atoms with van der Waals surface area (Å²) >= 11 is 0. The number of rotatable bonds is 8. The molecule has 30 heavy (non-hydrogen) atoms. The molecule has 160 valence electrons. The van der Waals surface area contributed by atoms with Crippen molar-refractivity contribution in [3.05, 3.63) is 70.9 Å². The molecule has 1 aromatic heterocycles. The second-order valence-electron chi connectivity index (χ2n) is 6.25. The number of nitrogens with zero attached hydrogens (tertiary/aromatic N) is 2. The van der Waals surface area contributed by atoms with E-state index in [2.05, 4.69) is 20.5 Å². The average Bonchev–Trinajstić information content (AvgIpc) is 3.19. The molecule has 0 spiro atoms. The number of nitrogens with one attached hydrogen (secondary N) is 2. The molecule has 1 heterocycles. The largest absolute Gasteiger partial charge is 0.419 e. The Labute approximate surface area is 170 Å². The summed E-state index contributed by atoms with van der Waals surface area (Å²) in [5.41, 5.74) is 4.56. The highest BCUT2D eigenvalue weighted by atomic mass is 19.4. The standard InChI is InChI=1S/C20H21F4N5O/c1-3-26-9-7-13(19(28-12(2)25)16-8-10-27-29-16)11-17(30)14-5-4-6-15(18(14)21)20(22,23)24/h4-10,26H,3,11H2,1-2H3,(H2,25,28)(H,27,29)/b9-7-,19-13-. The van der Waals surface area contributed by atoms with Gasteiger partial charge in [-0.3, -0.25) is 9.89 Å². The summed E-state index contributed by atoms with van der Waals surface area (Å²) in [4.78, 5) is 17.0. The Morgan fingerprint density at radius 2 is 2.07 bits per heavy atom. The minimum absolute atomic E-state index is 0.187. The number of alkyl halides is 3. The van der Waals surface area contributed by atoms with Crippen LogP contribution in [-0.2, 0) is 6.18 Å². The second-order valence-corrected chi connectivity index (χ2v) is 6.25. The Balaban J connectivity index is 2.54. The fourth-order valence-electron chi connectivity index (χ4n) is 2.60. The van der Waals surface area contributed by atoms with E-state index in [1.165, 1.54) is 19.2 Å². The Morgan fingerprint density at radius 3 is 2.63 bits per heavy atom. The lowest BCUT2D eigenvalue weighted by Gasteiger charge is -2.12. The van der Waals surface area contributed by atoms with E-state index < -0.39 is 35.3 Å². The van der Waals surface area contributed by atoms with E-state index in [1.54, 1.807) is 12.3 Å². The van der Waals surface area contributed by atoms with Crippen molar-refractivity contribution < 1.29 is 22.4 Å². The van der Waals surface area contributed by atoms with Crippen LogP contribution in [0.3, 0.4) is 0 Å².